The minimum atomic E-state index is -0.133. The van der Waals surface area contributed by atoms with Crippen molar-refractivity contribution in [3.63, 3.8) is 0 Å². The quantitative estimate of drug-likeness (QED) is 0.871. The van der Waals surface area contributed by atoms with Gasteiger partial charge in [0.05, 0.1) is 13.2 Å². The van der Waals surface area contributed by atoms with Gasteiger partial charge in [0.15, 0.2) is 0 Å². The molecule has 0 spiro atoms. The Bertz CT molecular complexity index is 344. The van der Waals surface area contributed by atoms with Crippen LogP contribution in [0.15, 0.2) is 24.3 Å². The second-order valence-corrected chi connectivity index (χ2v) is 5.21. The first kappa shape index (κ1) is 12.4. The SMILES string of the molecule is COc1ccc(CC2CCCC(C)C2O)cc1. The number of aliphatic hydroxyl groups is 1. The normalized spacial score (nSPS) is 29.0. The molecule has 17 heavy (non-hydrogen) atoms. The number of aliphatic hydroxyl groups excluding tert-OH is 1. The van der Waals surface area contributed by atoms with E-state index in [-0.39, 0.29) is 6.10 Å². The average molecular weight is 234 g/mol. The van der Waals surface area contributed by atoms with Gasteiger partial charge in [-0.15, -0.1) is 0 Å². The van der Waals surface area contributed by atoms with Gasteiger partial charge in [0.25, 0.3) is 0 Å². The molecular weight excluding hydrogens is 212 g/mol. The van der Waals surface area contributed by atoms with Crippen LogP contribution in [0.1, 0.15) is 31.7 Å². The van der Waals surface area contributed by atoms with Crippen LogP contribution < -0.4 is 4.74 Å². The monoisotopic (exact) mass is 234 g/mol. The van der Waals surface area contributed by atoms with E-state index in [4.69, 9.17) is 4.74 Å². The summed E-state index contributed by atoms with van der Waals surface area (Å²) < 4.78 is 5.15. The van der Waals surface area contributed by atoms with Crippen LogP contribution in [0.2, 0.25) is 0 Å². The van der Waals surface area contributed by atoms with Gasteiger partial charge in [0.2, 0.25) is 0 Å². The summed E-state index contributed by atoms with van der Waals surface area (Å²) in [6.45, 7) is 2.16. The molecule has 1 aromatic carbocycles. The predicted molar refractivity (Wildman–Crippen MR) is 69.2 cm³/mol. The van der Waals surface area contributed by atoms with Crippen molar-refractivity contribution in [3.05, 3.63) is 29.8 Å². The molecule has 2 nitrogen and oxygen atoms in total. The molecule has 2 heteroatoms. The molecule has 1 aliphatic rings. The highest BCUT2D eigenvalue weighted by molar-refractivity contribution is 5.27. The van der Waals surface area contributed by atoms with E-state index in [1.165, 1.54) is 18.4 Å². The maximum Gasteiger partial charge on any atom is 0.118 e. The lowest BCUT2D eigenvalue weighted by molar-refractivity contribution is 0.0254. The Morgan fingerprint density at radius 3 is 2.59 bits per heavy atom. The smallest absolute Gasteiger partial charge is 0.118 e. The Morgan fingerprint density at radius 2 is 1.94 bits per heavy atom. The highest BCUT2D eigenvalue weighted by Crippen LogP contribution is 2.31. The molecule has 0 heterocycles. The maximum atomic E-state index is 10.2. The molecule has 94 valence electrons. The Morgan fingerprint density at radius 1 is 1.24 bits per heavy atom. The highest BCUT2D eigenvalue weighted by Gasteiger charge is 2.28. The van der Waals surface area contributed by atoms with Gasteiger partial charge < -0.3 is 9.84 Å². The fourth-order valence-corrected chi connectivity index (χ4v) is 2.80. The van der Waals surface area contributed by atoms with Crippen molar-refractivity contribution in [2.75, 3.05) is 7.11 Å². The van der Waals surface area contributed by atoms with E-state index in [9.17, 15) is 5.11 Å². The third kappa shape index (κ3) is 3.01. The first-order chi connectivity index (χ1) is 8.20. The summed E-state index contributed by atoms with van der Waals surface area (Å²) in [5.41, 5.74) is 1.30. The molecule has 0 bridgehead atoms. The Balaban J connectivity index is 1.99. The highest BCUT2D eigenvalue weighted by atomic mass is 16.5. The van der Waals surface area contributed by atoms with Crippen molar-refractivity contribution >= 4 is 0 Å². The zero-order chi connectivity index (χ0) is 12.3. The predicted octanol–water partition coefficient (Wildman–Crippen LogP) is 3.03. The van der Waals surface area contributed by atoms with Crippen LogP contribution in [0.5, 0.6) is 5.75 Å². The molecule has 1 aromatic rings. The Kier molecular flexibility index (Phi) is 4.06. The van der Waals surface area contributed by atoms with Crippen LogP contribution in [0.4, 0.5) is 0 Å². The summed E-state index contributed by atoms with van der Waals surface area (Å²) in [5, 5.41) is 10.2. The third-order valence-electron chi connectivity index (χ3n) is 3.96. The molecule has 0 saturated heterocycles. The van der Waals surface area contributed by atoms with Crippen LogP contribution in [0.3, 0.4) is 0 Å². The zero-order valence-corrected chi connectivity index (χ0v) is 10.7. The average Bonchev–Trinajstić information content (AvgIpc) is 2.36. The van der Waals surface area contributed by atoms with Crippen molar-refractivity contribution in [3.8, 4) is 5.75 Å². The molecule has 0 amide bonds. The van der Waals surface area contributed by atoms with Crippen molar-refractivity contribution in [2.45, 2.75) is 38.7 Å². The molecule has 0 radical (unpaired) electrons. The molecule has 0 aliphatic heterocycles. The lowest BCUT2D eigenvalue weighted by atomic mass is 9.77. The second kappa shape index (κ2) is 5.54. The van der Waals surface area contributed by atoms with Crippen LogP contribution in [0.25, 0.3) is 0 Å². The number of hydrogen-bond donors (Lipinski definition) is 1. The Hall–Kier alpha value is -1.02. The van der Waals surface area contributed by atoms with Gasteiger partial charge in [-0.1, -0.05) is 25.5 Å². The van der Waals surface area contributed by atoms with Gasteiger partial charge in [0.1, 0.15) is 5.75 Å². The summed E-state index contributed by atoms with van der Waals surface area (Å²) in [6, 6.07) is 8.19. The van der Waals surface area contributed by atoms with E-state index >= 15 is 0 Å². The molecular formula is C15H22O2. The number of hydrogen-bond acceptors (Lipinski definition) is 2. The summed E-state index contributed by atoms with van der Waals surface area (Å²) in [5.74, 6) is 1.77. The lowest BCUT2D eigenvalue weighted by Gasteiger charge is -2.32. The minimum Gasteiger partial charge on any atom is -0.497 e. The fraction of sp³-hybridized carbons (Fsp3) is 0.600. The van der Waals surface area contributed by atoms with E-state index in [0.717, 1.165) is 18.6 Å². The van der Waals surface area contributed by atoms with E-state index < -0.39 is 0 Å². The van der Waals surface area contributed by atoms with Crippen LogP contribution in [0, 0.1) is 11.8 Å². The Labute approximate surface area is 104 Å². The lowest BCUT2D eigenvalue weighted by Crippen LogP contribution is -2.32. The summed E-state index contributed by atoms with van der Waals surface area (Å²) in [7, 11) is 1.68. The summed E-state index contributed by atoms with van der Waals surface area (Å²) in [6.07, 6.45) is 4.41. The molecule has 3 atom stereocenters. The minimum absolute atomic E-state index is 0.133. The summed E-state index contributed by atoms with van der Waals surface area (Å²) in [4.78, 5) is 0. The van der Waals surface area contributed by atoms with Crippen LogP contribution in [-0.2, 0) is 6.42 Å². The van der Waals surface area contributed by atoms with E-state index in [2.05, 4.69) is 19.1 Å². The topological polar surface area (TPSA) is 29.5 Å². The van der Waals surface area contributed by atoms with Gasteiger partial charge in [-0.25, -0.2) is 0 Å². The van der Waals surface area contributed by atoms with Crippen molar-refractivity contribution in [1.29, 1.82) is 0 Å². The van der Waals surface area contributed by atoms with Gasteiger partial charge in [0, 0.05) is 0 Å². The van der Waals surface area contributed by atoms with E-state index in [1.807, 2.05) is 12.1 Å². The van der Waals surface area contributed by atoms with Crippen molar-refractivity contribution in [2.24, 2.45) is 11.8 Å². The molecule has 2 rings (SSSR count). The van der Waals surface area contributed by atoms with Gasteiger partial charge >= 0.3 is 0 Å². The maximum absolute atomic E-state index is 10.2. The van der Waals surface area contributed by atoms with Crippen LogP contribution in [-0.4, -0.2) is 18.3 Å². The number of ether oxygens (including phenoxy) is 1. The number of methoxy groups -OCH3 is 1. The van der Waals surface area contributed by atoms with Crippen molar-refractivity contribution in [1.82, 2.24) is 0 Å². The number of rotatable bonds is 3. The standard InChI is InChI=1S/C15H22O2/c1-11-4-3-5-13(15(11)16)10-12-6-8-14(17-2)9-7-12/h6-9,11,13,15-16H,3-5,10H2,1-2H3. The third-order valence-corrected chi connectivity index (χ3v) is 3.96. The van der Waals surface area contributed by atoms with Gasteiger partial charge in [-0.05, 0) is 48.8 Å². The largest absolute Gasteiger partial charge is 0.497 e. The number of benzene rings is 1. The molecule has 1 N–H and O–H groups in total. The zero-order valence-electron chi connectivity index (χ0n) is 10.7. The molecule has 1 fully saturated rings. The first-order valence-electron chi connectivity index (χ1n) is 6.51. The molecule has 1 aliphatic carbocycles. The summed E-state index contributed by atoms with van der Waals surface area (Å²) >= 11 is 0. The molecule has 3 unspecified atom stereocenters. The molecule has 1 saturated carbocycles. The fourth-order valence-electron chi connectivity index (χ4n) is 2.80. The molecule has 0 aromatic heterocycles. The van der Waals surface area contributed by atoms with E-state index in [1.54, 1.807) is 7.11 Å². The first-order valence-corrected chi connectivity index (χ1v) is 6.51. The van der Waals surface area contributed by atoms with Gasteiger partial charge in [-0.3, -0.25) is 0 Å². The van der Waals surface area contributed by atoms with E-state index in [0.29, 0.717) is 11.8 Å². The van der Waals surface area contributed by atoms with Crippen LogP contribution >= 0.6 is 0 Å². The van der Waals surface area contributed by atoms with Gasteiger partial charge in [-0.2, -0.15) is 0 Å². The van der Waals surface area contributed by atoms with Crippen molar-refractivity contribution < 1.29 is 9.84 Å². The second-order valence-electron chi connectivity index (χ2n) is 5.21.